The molecule has 0 aliphatic rings. The molecular weight excluding hydrogens is 378 g/mol. The fourth-order valence-corrected chi connectivity index (χ4v) is 3.27. The summed E-state index contributed by atoms with van der Waals surface area (Å²) in [4.78, 5) is 20.0. The van der Waals surface area contributed by atoms with E-state index in [1.54, 1.807) is 0 Å². The Labute approximate surface area is 178 Å². The van der Waals surface area contributed by atoms with Crippen molar-refractivity contribution in [3.63, 3.8) is 0 Å². The van der Waals surface area contributed by atoms with E-state index >= 15 is 0 Å². The number of carboxylic acid groups (broad SMARTS) is 1. The van der Waals surface area contributed by atoms with Gasteiger partial charge in [-0.25, -0.2) is 9.97 Å². The van der Waals surface area contributed by atoms with Crippen LogP contribution in [0.5, 0.6) is 0 Å². The van der Waals surface area contributed by atoms with Gasteiger partial charge in [-0.05, 0) is 57.1 Å². The molecule has 30 heavy (non-hydrogen) atoms. The molecule has 0 spiro atoms. The maximum Gasteiger partial charge on any atom is 0.290 e. The van der Waals surface area contributed by atoms with Crippen molar-refractivity contribution in [1.82, 2.24) is 24.6 Å². The van der Waals surface area contributed by atoms with E-state index < -0.39 is 0 Å². The molecule has 1 aromatic carbocycles. The number of aromatic nitrogens is 4. The van der Waals surface area contributed by atoms with Gasteiger partial charge in [0.05, 0.1) is 5.69 Å². The van der Waals surface area contributed by atoms with E-state index in [1.165, 1.54) is 11.1 Å². The molecule has 0 saturated heterocycles. The second-order valence-corrected chi connectivity index (χ2v) is 7.23. The Morgan fingerprint density at radius 2 is 2.00 bits per heavy atom. The fraction of sp³-hybridized carbons (Fsp3) is 0.391. The van der Waals surface area contributed by atoms with Crippen molar-refractivity contribution in [3.05, 3.63) is 65.9 Å². The minimum atomic E-state index is -0.250. The minimum absolute atomic E-state index is 0.250. The number of hydrogen-bond donors (Lipinski definition) is 1. The third kappa shape index (κ3) is 7.75. The molecule has 3 rings (SSSR count). The first-order valence-electron chi connectivity index (χ1n) is 10.2. The molecule has 7 nitrogen and oxygen atoms in total. The zero-order valence-electron chi connectivity index (χ0n) is 18.0. The monoisotopic (exact) mass is 409 g/mol. The summed E-state index contributed by atoms with van der Waals surface area (Å²) in [6, 6.07) is 12.7. The van der Waals surface area contributed by atoms with Gasteiger partial charge in [-0.2, -0.15) is 5.10 Å². The van der Waals surface area contributed by atoms with Crippen molar-refractivity contribution in [2.75, 3.05) is 13.6 Å². The summed E-state index contributed by atoms with van der Waals surface area (Å²) in [5.74, 6) is 0.939. The second-order valence-electron chi connectivity index (χ2n) is 7.23. The highest BCUT2D eigenvalue weighted by molar-refractivity contribution is 5.60. The number of carbonyl (C=O) groups is 1. The van der Waals surface area contributed by atoms with Crippen LogP contribution in [-0.4, -0.2) is 49.8 Å². The number of benzene rings is 1. The minimum Gasteiger partial charge on any atom is -0.483 e. The summed E-state index contributed by atoms with van der Waals surface area (Å²) in [6.07, 6.45) is 6.92. The molecule has 1 N–H and O–H groups in total. The molecule has 0 unspecified atom stereocenters. The van der Waals surface area contributed by atoms with Gasteiger partial charge < -0.3 is 10.0 Å². The maximum absolute atomic E-state index is 8.36. The molecule has 2 heterocycles. The van der Waals surface area contributed by atoms with Gasteiger partial charge in [0.15, 0.2) is 0 Å². The van der Waals surface area contributed by atoms with Crippen molar-refractivity contribution < 1.29 is 9.90 Å². The molecule has 0 amide bonds. The summed E-state index contributed by atoms with van der Waals surface area (Å²) in [5.41, 5.74) is 4.53. The van der Waals surface area contributed by atoms with E-state index in [1.807, 2.05) is 30.1 Å². The van der Waals surface area contributed by atoms with Gasteiger partial charge in [-0.1, -0.05) is 25.1 Å². The molecule has 0 bridgehead atoms. The van der Waals surface area contributed by atoms with E-state index in [-0.39, 0.29) is 6.47 Å². The van der Waals surface area contributed by atoms with Gasteiger partial charge in [0.25, 0.3) is 6.47 Å². The van der Waals surface area contributed by atoms with Crippen molar-refractivity contribution in [2.24, 2.45) is 0 Å². The van der Waals surface area contributed by atoms with Crippen molar-refractivity contribution in [3.8, 4) is 11.3 Å². The lowest BCUT2D eigenvalue weighted by atomic mass is 10.1. The lowest BCUT2D eigenvalue weighted by Crippen LogP contribution is -2.20. The zero-order chi connectivity index (χ0) is 21.8. The van der Waals surface area contributed by atoms with Crippen LogP contribution < -0.4 is 0 Å². The topological polar surface area (TPSA) is 84.1 Å². The van der Waals surface area contributed by atoms with Gasteiger partial charge in [-0.3, -0.25) is 9.48 Å². The first-order chi connectivity index (χ1) is 14.5. The van der Waals surface area contributed by atoms with Crippen LogP contribution in [0.15, 0.2) is 48.8 Å². The summed E-state index contributed by atoms with van der Waals surface area (Å²) in [5, 5.41) is 11.1. The molecule has 0 atom stereocenters. The predicted octanol–water partition coefficient (Wildman–Crippen LogP) is 3.82. The number of rotatable bonds is 9. The first-order valence-corrected chi connectivity index (χ1v) is 10.2. The van der Waals surface area contributed by atoms with Gasteiger partial charge in [0.2, 0.25) is 0 Å². The van der Waals surface area contributed by atoms with E-state index in [2.05, 4.69) is 59.3 Å². The first kappa shape index (κ1) is 23.2. The Morgan fingerprint density at radius 1 is 1.20 bits per heavy atom. The lowest BCUT2D eigenvalue weighted by molar-refractivity contribution is -0.122. The average Bonchev–Trinajstić information content (AvgIpc) is 3.22. The Morgan fingerprint density at radius 3 is 2.70 bits per heavy atom. The maximum atomic E-state index is 8.36. The van der Waals surface area contributed by atoms with Crippen molar-refractivity contribution >= 4 is 6.47 Å². The quantitative estimate of drug-likeness (QED) is 0.541. The van der Waals surface area contributed by atoms with Crippen LogP contribution in [0.2, 0.25) is 0 Å². The third-order valence-electron chi connectivity index (χ3n) is 4.54. The Kier molecular flexibility index (Phi) is 9.67. The van der Waals surface area contributed by atoms with E-state index in [9.17, 15) is 0 Å². The highest BCUT2D eigenvalue weighted by atomic mass is 16.3. The standard InChI is InChI=1S/C22H29N5.CH2O2/c1-4-8-22-24-18(2)15-21(25-22)20-10-5-9-19(16-20)17-26(3)12-7-14-27-13-6-11-23-27;2-1-3/h5-6,9-11,13,15-16H,4,7-8,12,14,17H2,1-3H3;1H,(H,2,3). The van der Waals surface area contributed by atoms with Gasteiger partial charge >= 0.3 is 0 Å². The smallest absolute Gasteiger partial charge is 0.290 e. The molecule has 0 saturated carbocycles. The van der Waals surface area contributed by atoms with Crippen LogP contribution in [0.25, 0.3) is 11.3 Å². The van der Waals surface area contributed by atoms with E-state index in [0.29, 0.717) is 0 Å². The van der Waals surface area contributed by atoms with Crippen LogP contribution >= 0.6 is 0 Å². The molecular formula is C23H31N5O2. The van der Waals surface area contributed by atoms with Crippen LogP contribution in [0.1, 0.15) is 36.8 Å². The molecule has 2 aromatic heterocycles. The highest BCUT2D eigenvalue weighted by Crippen LogP contribution is 2.20. The van der Waals surface area contributed by atoms with Gasteiger partial charge in [0.1, 0.15) is 5.82 Å². The molecule has 160 valence electrons. The van der Waals surface area contributed by atoms with Crippen LogP contribution in [0.3, 0.4) is 0 Å². The van der Waals surface area contributed by atoms with Crippen LogP contribution in [-0.2, 0) is 24.3 Å². The summed E-state index contributed by atoms with van der Waals surface area (Å²) >= 11 is 0. The highest BCUT2D eigenvalue weighted by Gasteiger charge is 2.07. The Bertz CT molecular complexity index is 896. The Hall–Kier alpha value is -3.06. The van der Waals surface area contributed by atoms with E-state index in [4.69, 9.17) is 14.9 Å². The lowest BCUT2D eigenvalue weighted by Gasteiger charge is -2.17. The van der Waals surface area contributed by atoms with E-state index in [0.717, 1.165) is 56.1 Å². The Balaban J connectivity index is 0.00000101. The number of aryl methyl sites for hydroxylation is 3. The molecule has 0 fully saturated rings. The average molecular weight is 410 g/mol. The molecule has 0 radical (unpaired) electrons. The van der Waals surface area contributed by atoms with Crippen LogP contribution in [0.4, 0.5) is 0 Å². The predicted molar refractivity (Wildman–Crippen MR) is 118 cm³/mol. The summed E-state index contributed by atoms with van der Waals surface area (Å²) in [6.45, 7) is 6.88. The summed E-state index contributed by atoms with van der Waals surface area (Å²) < 4.78 is 1.99. The molecule has 3 aromatic rings. The fourth-order valence-electron chi connectivity index (χ4n) is 3.27. The normalized spacial score (nSPS) is 10.5. The van der Waals surface area contributed by atoms with Gasteiger partial charge in [0, 0.05) is 43.2 Å². The van der Waals surface area contributed by atoms with Crippen molar-refractivity contribution in [2.45, 2.75) is 46.2 Å². The molecule has 0 aliphatic carbocycles. The number of hydrogen-bond acceptors (Lipinski definition) is 5. The zero-order valence-corrected chi connectivity index (χ0v) is 18.0. The van der Waals surface area contributed by atoms with Gasteiger partial charge in [-0.15, -0.1) is 0 Å². The second kappa shape index (κ2) is 12.5. The van der Waals surface area contributed by atoms with Crippen molar-refractivity contribution in [1.29, 1.82) is 0 Å². The van der Waals surface area contributed by atoms with Crippen LogP contribution in [0, 0.1) is 6.92 Å². The number of nitrogens with zero attached hydrogens (tertiary/aromatic N) is 5. The molecule has 0 aliphatic heterocycles. The SMILES string of the molecule is CCCc1nc(C)cc(-c2cccc(CN(C)CCCn3cccn3)c2)n1.O=CO. The third-order valence-corrected chi connectivity index (χ3v) is 4.54. The molecule has 7 heteroatoms. The summed E-state index contributed by atoms with van der Waals surface area (Å²) in [7, 11) is 2.17. The largest absolute Gasteiger partial charge is 0.483 e.